The molecule has 0 radical (unpaired) electrons. The molecule has 112 valence electrons. The second-order valence-corrected chi connectivity index (χ2v) is 5.75. The molecule has 1 saturated carbocycles. The molecule has 3 unspecified atom stereocenters. The average Bonchev–Trinajstić information content (AvgIpc) is 2.96. The number of hydrogen-bond donors (Lipinski definition) is 1. The first-order chi connectivity index (χ1) is 9.79. The van der Waals surface area contributed by atoms with Crippen molar-refractivity contribution in [2.24, 2.45) is 0 Å². The van der Waals surface area contributed by atoms with Crippen molar-refractivity contribution in [3.8, 4) is 0 Å². The Morgan fingerprint density at radius 3 is 3.05 bits per heavy atom. The van der Waals surface area contributed by atoms with Crippen LogP contribution < -0.4 is 0 Å². The van der Waals surface area contributed by atoms with Gasteiger partial charge in [0.15, 0.2) is 5.82 Å². The molecule has 1 aromatic heterocycles. The van der Waals surface area contributed by atoms with E-state index in [0.29, 0.717) is 6.61 Å². The standard InChI is InChI=1S/C14H24N4O2/c1-2-17-10-15-16-14(17)13-9-18(7-8-20-13)11-5-3-4-6-12(11)19/h10-13,19H,2-9H2,1H3. The molecule has 0 bridgehead atoms. The maximum absolute atomic E-state index is 10.2. The number of aliphatic hydroxyl groups is 1. The number of hydrogen-bond acceptors (Lipinski definition) is 5. The van der Waals surface area contributed by atoms with E-state index in [2.05, 4.69) is 22.0 Å². The topological polar surface area (TPSA) is 63.4 Å². The van der Waals surface area contributed by atoms with E-state index in [1.54, 1.807) is 6.33 Å². The van der Waals surface area contributed by atoms with E-state index in [1.165, 1.54) is 6.42 Å². The molecule has 2 aliphatic rings. The van der Waals surface area contributed by atoms with Gasteiger partial charge in [-0.3, -0.25) is 4.90 Å². The third-order valence-corrected chi connectivity index (χ3v) is 4.53. The Hall–Kier alpha value is -0.980. The summed E-state index contributed by atoms with van der Waals surface area (Å²) in [6.45, 7) is 5.34. The second-order valence-electron chi connectivity index (χ2n) is 5.75. The van der Waals surface area contributed by atoms with Gasteiger partial charge in [-0.05, 0) is 19.8 Å². The lowest BCUT2D eigenvalue weighted by Crippen LogP contribution is -2.51. The number of nitrogens with zero attached hydrogens (tertiary/aromatic N) is 4. The van der Waals surface area contributed by atoms with Crippen molar-refractivity contribution in [1.82, 2.24) is 19.7 Å². The van der Waals surface area contributed by atoms with Crippen LogP contribution in [-0.4, -0.2) is 56.6 Å². The predicted molar refractivity (Wildman–Crippen MR) is 74.2 cm³/mol. The smallest absolute Gasteiger partial charge is 0.163 e. The highest BCUT2D eigenvalue weighted by molar-refractivity contribution is 4.96. The maximum atomic E-state index is 10.2. The van der Waals surface area contributed by atoms with Crippen LogP contribution in [0.2, 0.25) is 0 Å². The van der Waals surface area contributed by atoms with Gasteiger partial charge < -0.3 is 14.4 Å². The minimum atomic E-state index is -0.188. The molecule has 3 atom stereocenters. The Morgan fingerprint density at radius 1 is 1.40 bits per heavy atom. The minimum absolute atomic E-state index is 0.0275. The number of aryl methyl sites for hydroxylation is 1. The monoisotopic (exact) mass is 280 g/mol. The molecule has 2 fully saturated rings. The molecule has 0 spiro atoms. The summed E-state index contributed by atoms with van der Waals surface area (Å²) in [6, 6.07) is 0.285. The van der Waals surface area contributed by atoms with Crippen LogP contribution in [0.25, 0.3) is 0 Å². The molecule has 0 aromatic carbocycles. The summed E-state index contributed by atoms with van der Waals surface area (Å²) in [7, 11) is 0. The summed E-state index contributed by atoms with van der Waals surface area (Å²) in [4.78, 5) is 2.38. The van der Waals surface area contributed by atoms with Crippen LogP contribution in [0.15, 0.2) is 6.33 Å². The average molecular weight is 280 g/mol. The highest BCUT2D eigenvalue weighted by Crippen LogP contribution is 2.28. The quantitative estimate of drug-likeness (QED) is 0.894. The van der Waals surface area contributed by atoms with Gasteiger partial charge in [-0.25, -0.2) is 0 Å². The van der Waals surface area contributed by atoms with Gasteiger partial charge in [0, 0.05) is 25.7 Å². The number of ether oxygens (including phenoxy) is 1. The van der Waals surface area contributed by atoms with Crippen LogP contribution in [0.4, 0.5) is 0 Å². The number of aliphatic hydroxyl groups excluding tert-OH is 1. The summed E-state index contributed by atoms with van der Waals surface area (Å²) >= 11 is 0. The van der Waals surface area contributed by atoms with Gasteiger partial charge in [-0.15, -0.1) is 10.2 Å². The predicted octanol–water partition coefficient (Wildman–Crippen LogP) is 0.975. The van der Waals surface area contributed by atoms with Crippen LogP contribution >= 0.6 is 0 Å². The van der Waals surface area contributed by atoms with E-state index >= 15 is 0 Å². The molecule has 20 heavy (non-hydrogen) atoms. The van der Waals surface area contributed by atoms with E-state index in [4.69, 9.17) is 4.74 Å². The van der Waals surface area contributed by atoms with E-state index < -0.39 is 0 Å². The number of morpholine rings is 1. The Bertz CT molecular complexity index is 437. The van der Waals surface area contributed by atoms with E-state index in [1.807, 2.05) is 4.57 Å². The Kier molecular flexibility index (Phi) is 4.33. The van der Waals surface area contributed by atoms with Gasteiger partial charge in [0.2, 0.25) is 0 Å². The van der Waals surface area contributed by atoms with Crippen molar-refractivity contribution in [3.63, 3.8) is 0 Å². The zero-order chi connectivity index (χ0) is 13.9. The van der Waals surface area contributed by atoms with Crippen molar-refractivity contribution < 1.29 is 9.84 Å². The fourth-order valence-electron chi connectivity index (χ4n) is 3.40. The van der Waals surface area contributed by atoms with Gasteiger partial charge in [0.05, 0.1) is 12.7 Å². The Morgan fingerprint density at radius 2 is 2.25 bits per heavy atom. The highest BCUT2D eigenvalue weighted by Gasteiger charge is 2.34. The molecule has 1 saturated heterocycles. The normalized spacial score (nSPS) is 32.4. The fourth-order valence-corrected chi connectivity index (χ4v) is 3.40. The Balaban J connectivity index is 1.70. The third kappa shape index (κ3) is 2.73. The van der Waals surface area contributed by atoms with Gasteiger partial charge in [-0.2, -0.15) is 0 Å². The molecule has 1 N–H and O–H groups in total. The lowest BCUT2D eigenvalue weighted by atomic mass is 9.91. The molecule has 6 nitrogen and oxygen atoms in total. The third-order valence-electron chi connectivity index (χ3n) is 4.53. The first-order valence-electron chi connectivity index (χ1n) is 7.71. The molecule has 3 rings (SSSR count). The first kappa shape index (κ1) is 14.0. The van der Waals surface area contributed by atoms with Crippen LogP contribution in [0, 0.1) is 0 Å². The van der Waals surface area contributed by atoms with Crippen LogP contribution in [0.3, 0.4) is 0 Å². The molecular weight excluding hydrogens is 256 g/mol. The van der Waals surface area contributed by atoms with Gasteiger partial charge in [0.25, 0.3) is 0 Å². The van der Waals surface area contributed by atoms with Crippen molar-refractivity contribution in [1.29, 1.82) is 0 Å². The largest absolute Gasteiger partial charge is 0.391 e. The highest BCUT2D eigenvalue weighted by atomic mass is 16.5. The van der Waals surface area contributed by atoms with E-state index in [-0.39, 0.29) is 18.2 Å². The lowest BCUT2D eigenvalue weighted by molar-refractivity contribution is -0.0786. The molecule has 2 heterocycles. The van der Waals surface area contributed by atoms with E-state index in [0.717, 1.165) is 44.7 Å². The van der Waals surface area contributed by atoms with E-state index in [9.17, 15) is 5.11 Å². The maximum Gasteiger partial charge on any atom is 0.163 e. The first-order valence-corrected chi connectivity index (χ1v) is 7.71. The fraction of sp³-hybridized carbons (Fsp3) is 0.857. The zero-order valence-corrected chi connectivity index (χ0v) is 12.1. The van der Waals surface area contributed by atoms with Gasteiger partial charge in [0.1, 0.15) is 12.4 Å². The van der Waals surface area contributed by atoms with Crippen LogP contribution in [-0.2, 0) is 11.3 Å². The Labute approximate surface area is 119 Å². The van der Waals surface area contributed by atoms with Crippen molar-refractivity contribution in [2.75, 3.05) is 19.7 Å². The molecular formula is C14H24N4O2. The summed E-state index contributed by atoms with van der Waals surface area (Å²) in [5.41, 5.74) is 0. The molecule has 0 amide bonds. The molecule has 1 aliphatic heterocycles. The van der Waals surface area contributed by atoms with Crippen molar-refractivity contribution in [3.05, 3.63) is 12.2 Å². The summed E-state index contributed by atoms with van der Waals surface area (Å²) in [5.74, 6) is 0.905. The summed E-state index contributed by atoms with van der Waals surface area (Å²) in [6.07, 6.45) is 5.93. The number of aromatic nitrogens is 3. The minimum Gasteiger partial charge on any atom is -0.391 e. The van der Waals surface area contributed by atoms with Crippen LogP contribution in [0.1, 0.15) is 44.5 Å². The SMILES string of the molecule is CCn1cnnc1C1CN(C2CCCCC2O)CCO1. The summed E-state index contributed by atoms with van der Waals surface area (Å²) in [5, 5.41) is 18.4. The molecule has 1 aliphatic carbocycles. The number of rotatable bonds is 3. The summed E-state index contributed by atoms with van der Waals surface area (Å²) < 4.78 is 7.91. The van der Waals surface area contributed by atoms with Crippen LogP contribution in [0.5, 0.6) is 0 Å². The van der Waals surface area contributed by atoms with Gasteiger partial charge >= 0.3 is 0 Å². The second kappa shape index (κ2) is 6.20. The molecule has 6 heteroatoms. The van der Waals surface area contributed by atoms with Crippen molar-refractivity contribution in [2.45, 2.75) is 57.4 Å². The van der Waals surface area contributed by atoms with Crippen molar-refractivity contribution >= 4 is 0 Å². The zero-order valence-electron chi connectivity index (χ0n) is 12.1. The van der Waals surface area contributed by atoms with Gasteiger partial charge in [-0.1, -0.05) is 12.8 Å². The molecule has 1 aromatic rings. The lowest BCUT2D eigenvalue weighted by Gasteiger charge is -2.41.